The zero-order chi connectivity index (χ0) is 10.9. The zero-order valence-electron chi connectivity index (χ0n) is 7.91. The van der Waals surface area contributed by atoms with Crippen LogP contribution in [0.5, 0.6) is 0 Å². The first-order valence-corrected chi connectivity index (χ1v) is 4.55. The molecule has 6 heteroatoms. The molecule has 0 aromatic heterocycles. The molecule has 6 nitrogen and oxygen atoms in total. The van der Waals surface area contributed by atoms with E-state index in [0.29, 0.717) is 0 Å². The van der Waals surface area contributed by atoms with Crippen LogP contribution in [0.2, 0.25) is 0 Å². The van der Waals surface area contributed by atoms with E-state index < -0.39 is 36.4 Å². The summed E-state index contributed by atoms with van der Waals surface area (Å²) in [4.78, 5) is 0. The standard InChI is InChI=1S/C8H17NO5/c1-9-4-3(2-10)5(11)7(13)8(14)6(4)12/h3-14H,2H2,1H3/t3?,4?,5-,6+,7+,8+/m1/s1. The van der Waals surface area contributed by atoms with Crippen molar-refractivity contribution in [2.75, 3.05) is 13.7 Å². The molecule has 0 aliphatic heterocycles. The number of aliphatic hydroxyl groups is 5. The minimum Gasteiger partial charge on any atom is -0.396 e. The number of hydrogen-bond acceptors (Lipinski definition) is 6. The van der Waals surface area contributed by atoms with Crippen LogP contribution in [0.1, 0.15) is 0 Å². The molecule has 0 heterocycles. The van der Waals surface area contributed by atoms with Gasteiger partial charge in [0.05, 0.1) is 18.8 Å². The topological polar surface area (TPSA) is 113 Å². The third-order valence-corrected chi connectivity index (χ3v) is 2.86. The summed E-state index contributed by atoms with van der Waals surface area (Å²) in [6.07, 6.45) is -5.26. The Labute approximate surface area is 81.8 Å². The van der Waals surface area contributed by atoms with E-state index in [1.54, 1.807) is 7.05 Å². The lowest BCUT2D eigenvalue weighted by Gasteiger charge is -2.43. The molecule has 1 aliphatic rings. The van der Waals surface area contributed by atoms with E-state index in [1.165, 1.54) is 0 Å². The highest BCUT2D eigenvalue weighted by molar-refractivity contribution is 5.00. The lowest BCUT2D eigenvalue weighted by Crippen LogP contribution is -2.65. The van der Waals surface area contributed by atoms with Crippen molar-refractivity contribution in [2.24, 2.45) is 5.92 Å². The van der Waals surface area contributed by atoms with E-state index in [9.17, 15) is 20.4 Å². The Morgan fingerprint density at radius 2 is 1.43 bits per heavy atom. The van der Waals surface area contributed by atoms with Crippen molar-refractivity contribution in [1.29, 1.82) is 0 Å². The summed E-state index contributed by atoms with van der Waals surface area (Å²) in [5.74, 6) is -0.687. The van der Waals surface area contributed by atoms with E-state index in [2.05, 4.69) is 5.32 Å². The Morgan fingerprint density at radius 3 is 1.86 bits per heavy atom. The Balaban J connectivity index is 2.84. The van der Waals surface area contributed by atoms with E-state index in [1.807, 2.05) is 0 Å². The van der Waals surface area contributed by atoms with Gasteiger partial charge in [-0.05, 0) is 7.05 Å². The molecule has 0 aromatic rings. The molecule has 0 saturated heterocycles. The van der Waals surface area contributed by atoms with Gasteiger partial charge in [-0.1, -0.05) is 0 Å². The molecule has 6 N–H and O–H groups in total. The number of likely N-dealkylation sites (N-methyl/N-ethyl adjacent to an activating group) is 1. The molecule has 1 aliphatic carbocycles. The monoisotopic (exact) mass is 207 g/mol. The van der Waals surface area contributed by atoms with Crippen molar-refractivity contribution in [3.8, 4) is 0 Å². The average molecular weight is 207 g/mol. The minimum absolute atomic E-state index is 0.368. The van der Waals surface area contributed by atoms with Crippen molar-refractivity contribution in [3.05, 3.63) is 0 Å². The first-order valence-electron chi connectivity index (χ1n) is 4.55. The predicted molar refractivity (Wildman–Crippen MR) is 47.5 cm³/mol. The molecule has 1 rings (SSSR count). The molecule has 84 valence electrons. The van der Waals surface area contributed by atoms with Gasteiger partial charge in [-0.25, -0.2) is 0 Å². The summed E-state index contributed by atoms with van der Waals surface area (Å²) in [6.45, 7) is -0.368. The first-order chi connectivity index (χ1) is 6.54. The molecular formula is C8H17NO5. The molecule has 0 aromatic carbocycles. The SMILES string of the molecule is CNC1C(CO)[C@@H](O)[C@H](O)[C@@H](O)[C@H]1O. The molecule has 6 atom stereocenters. The molecule has 0 spiro atoms. The highest BCUT2D eigenvalue weighted by Crippen LogP contribution is 2.25. The van der Waals surface area contributed by atoms with Crippen molar-refractivity contribution < 1.29 is 25.5 Å². The van der Waals surface area contributed by atoms with Gasteiger partial charge in [-0.3, -0.25) is 0 Å². The van der Waals surface area contributed by atoms with Crippen molar-refractivity contribution >= 4 is 0 Å². The largest absolute Gasteiger partial charge is 0.396 e. The summed E-state index contributed by atoms with van der Waals surface area (Å²) in [7, 11) is 1.55. The van der Waals surface area contributed by atoms with Crippen LogP contribution in [0.15, 0.2) is 0 Å². The summed E-state index contributed by atoms with van der Waals surface area (Å²) in [5.41, 5.74) is 0. The lowest BCUT2D eigenvalue weighted by atomic mass is 9.77. The van der Waals surface area contributed by atoms with Gasteiger partial charge in [-0.2, -0.15) is 0 Å². The van der Waals surface area contributed by atoms with Gasteiger partial charge in [-0.15, -0.1) is 0 Å². The fourth-order valence-corrected chi connectivity index (χ4v) is 1.94. The van der Waals surface area contributed by atoms with E-state index in [4.69, 9.17) is 5.11 Å². The van der Waals surface area contributed by atoms with Gasteiger partial charge in [0, 0.05) is 12.0 Å². The molecule has 14 heavy (non-hydrogen) atoms. The highest BCUT2D eigenvalue weighted by atomic mass is 16.4. The van der Waals surface area contributed by atoms with Gasteiger partial charge in [0.1, 0.15) is 12.2 Å². The zero-order valence-corrected chi connectivity index (χ0v) is 7.91. The lowest BCUT2D eigenvalue weighted by molar-refractivity contribution is -0.175. The molecule has 0 radical (unpaired) electrons. The van der Waals surface area contributed by atoms with Gasteiger partial charge in [0.25, 0.3) is 0 Å². The Hall–Kier alpha value is -0.240. The van der Waals surface area contributed by atoms with Crippen LogP contribution in [0.25, 0.3) is 0 Å². The third-order valence-electron chi connectivity index (χ3n) is 2.86. The van der Waals surface area contributed by atoms with Crippen molar-refractivity contribution in [1.82, 2.24) is 5.32 Å². The maximum atomic E-state index is 9.53. The predicted octanol–water partition coefficient (Wildman–Crippen LogP) is -3.36. The second-order valence-corrected chi connectivity index (χ2v) is 3.62. The Bertz CT molecular complexity index is 171. The van der Waals surface area contributed by atoms with Crippen LogP contribution >= 0.6 is 0 Å². The van der Waals surface area contributed by atoms with Gasteiger partial charge < -0.3 is 30.8 Å². The normalized spacial score (nSPS) is 49.3. The number of rotatable bonds is 2. The number of nitrogens with one attached hydrogen (secondary N) is 1. The summed E-state index contributed by atoms with van der Waals surface area (Å²) in [6, 6.07) is -0.631. The molecule has 0 amide bonds. The fraction of sp³-hybridized carbons (Fsp3) is 1.00. The molecule has 1 saturated carbocycles. The number of hydrogen-bond donors (Lipinski definition) is 6. The summed E-state index contributed by atoms with van der Waals surface area (Å²) >= 11 is 0. The van der Waals surface area contributed by atoms with Crippen LogP contribution in [-0.2, 0) is 0 Å². The minimum atomic E-state index is -1.42. The molecular weight excluding hydrogens is 190 g/mol. The first kappa shape index (κ1) is 11.8. The summed E-state index contributed by atoms with van der Waals surface area (Å²) in [5, 5.41) is 49.4. The quantitative estimate of drug-likeness (QED) is 0.282. The van der Waals surface area contributed by atoms with Crippen LogP contribution < -0.4 is 5.32 Å². The van der Waals surface area contributed by atoms with Crippen molar-refractivity contribution in [2.45, 2.75) is 30.5 Å². The van der Waals surface area contributed by atoms with Crippen LogP contribution in [-0.4, -0.2) is 69.6 Å². The Kier molecular flexibility index (Phi) is 3.82. The fourth-order valence-electron chi connectivity index (χ4n) is 1.94. The molecule has 0 bridgehead atoms. The number of aliphatic hydroxyl groups excluding tert-OH is 5. The van der Waals surface area contributed by atoms with Gasteiger partial charge >= 0.3 is 0 Å². The van der Waals surface area contributed by atoms with E-state index in [-0.39, 0.29) is 6.61 Å². The van der Waals surface area contributed by atoms with Gasteiger partial charge in [0.2, 0.25) is 0 Å². The molecule has 2 unspecified atom stereocenters. The second-order valence-electron chi connectivity index (χ2n) is 3.62. The smallest absolute Gasteiger partial charge is 0.110 e. The van der Waals surface area contributed by atoms with Crippen molar-refractivity contribution in [3.63, 3.8) is 0 Å². The highest BCUT2D eigenvalue weighted by Gasteiger charge is 2.47. The van der Waals surface area contributed by atoms with Crippen LogP contribution in [0.4, 0.5) is 0 Å². The van der Waals surface area contributed by atoms with E-state index >= 15 is 0 Å². The van der Waals surface area contributed by atoms with Crippen LogP contribution in [0, 0.1) is 5.92 Å². The summed E-state index contributed by atoms with van der Waals surface area (Å²) < 4.78 is 0. The van der Waals surface area contributed by atoms with E-state index in [0.717, 1.165) is 0 Å². The Morgan fingerprint density at radius 1 is 0.929 bits per heavy atom. The average Bonchev–Trinajstić information content (AvgIpc) is 2.20. The van der Waals surface area contributed by atoms with Gasteiger partial charge in [0.15, 0.2) is 0 Å². The third kappa shape index (κ3) is 1.77. The molecule has 1 fully saturated rings. The maximum absolute atomic E-state index is 9.53. The van der Waals surface area contributed by atoms with Crippen LogP contribution in [0.3, 0.4) is 0 Å². The second kappa shape index (κ2) is 4.52. The maximum Gasteiger partial charge on any atom is 0.110 e.